The highest BCUT2D eigenvalue weighted by molar-refractivity contribution is 7.89. The number of imide groups is 1. The lowest BCUT2D eigenvalue weighted by molar-refractivity contribution is -0.121. The molecule has 0 bridgehead atoms. The average Bonchev–Trinajstić information content (AvgIpc) is 3.27. The van der Waals surface area contributed by atoms with Crippen molar-refractivity contribution >= 4 is 27.5 Å². The van der Waals surface area contributed by atoms with E-state index in [0.29, 0.717) is 50.2 Å². The lowest BCUT2D eigenvalue weighted by atomic mass is 10.3. The SMILES string of the molecule is Cc1nnc(CN2CCN(S(=O)(=O)c3ccc(N4C(=O)CCC4=O)cc3)CC2)o1. The van der Waals surface area contributed by atoms with Gasteiger partial charge >= 0.3 is 0 Å². The summed E-state index contributed by atoms with van der Waals surface area (Å²) in [6.45, 7) is 4.01. The van der Waals surface area contributed by atoms with Crippen LogP contribution in [0.1, 0.15) is 24.6 Å². The van der Waals surface area contributed by atoms with Gasteiger partial charge in [-0.3, -0.25) is 19.4 Å². The number of aryl methyl sites for hydroxylation is 1. The van der Waals surface area contributed by atoms with Crippen molar-refractivity contribution in [3.8, 4) is 0 Å². The molecule has 0 spiro atoms. The van der Waals surface area contributed by atoms with E-state index in [2.05, 4.69) is 15.1 Å². The fraction of sp³-hybridized carbons (Fsp3) is 0.444. The number of carbonyl (C=O) groups is 2. The van der Waals surface area contributed by atoms with Crippen LogP contribution in [0.3, 0.4) is 0 Å². The molecule has 0 N–H and O–H groups in total. The van der Waals surface area contributed by atoms with E-state index in [1.54, 1.807) is 6.92 Å². The molecule has 2 saturated heterocycles. The minimum Gasteiger partial charge on any atom is -0.424 e. The number of anilines is 1. The zero-order valence-electron chi connectivity index (χ0n) is 15.9. The first-order chi connectivity index (χ1) is 13.8. The maximum atomic E-state index is 12.9. The van der Waals surface area contributed by atoms with Crippen molar-refractivity contribution in [1.29, 1.82) is 0 Å². The van der Waals surface area contributed by atoms with Gasteiger partial charge in [0.05, 0.1) is 17.1 Å². The van der Waals surface area contributed by atoms with Crippen LogP contribution in [0.15, 0.2) is 33.6 Å². The molecular formula is C18H21N5O5S. The van der Waals surface area contributed by atoms with E-state index in [-0.39, 0.29) is 29.6 Å². The van der Waals surface area contributed by atoms with Crippen molar-refractivity contribution in [2.75, 3.05) is 31.1 Å². The predicted octanol–water partition coefficient (Wildman–Crippen LogP) is 0.538. The molecule has 11 heteroatoms. The van der Waals surface area contributed by atoms with Crippen LogP contribution in [-0.4, -0.2) is 65.8 Å². The Balaban J connectivity index is 1.41. The number of hydrogen-bond acceptors (Lipinski definition) is 8. The highest BCUT2D eigenvalue weighted by Crippen LogP contribution is 2.25. The molecule has 2 aliphatic heterocycles. The maximum Gasteiger partial charge on any atom is 0.243 e. The van der Waals surface area contributed by atoms with Gasteiger partial charge in [-0.1, -0.05) is 0 Å². The third kappa shape index (κ3) is 3.93. The van der Waals surface area contributed by atoms with Crippen LogP contribution in [0.5, 0.6) is 0 Å². The van der Waals surface area contributed by atoms with E-state index in [1.807, 2.05) is 0 Å². The molecule has 0 saturated carbocycles. The number of benzene rings is 1. The molecule has 0 unspecified atom stereocenters. The van der Waals surface area contributed by atoms with Gasteiger partial charge in [-0.05, 0) is 24.3 Å². The zero-order valence-corrected chi connectivity index (χ0v) is 16.8. The maximum absolute atomic E-state index is 12.9. The molecule has 10 nitrogen and oxygen atoms in total. The topological polar surface area (TPSA) is 117 Å². The van der Waals surface area contributed by atoms with Gasteiger partial charge in [-0.2, -0.15) is 4.31 Å². The van der Waals surface area contributed by atoms with Crippen LogP contribution in [0.2, 0.25) is 0 Å². The van der Waals surface area contributed by atoms with E-state index < -0.39 is 10.0 Å². The summed E-state index contributed by atoms with van der Waals surface area (Å²) in [7, 11) is -3.65. The highest BCUT2D eigenvalue weighted by atomic mass is 32.2. The van der Waals surface area contributed by atoms with Crippen LogP contribution in [0, 0.1) is 6.92 Å². The minimum atomic E-state index is -3.65. The van der Waals surface area contributed by atoms with Gasteiger partial charge in [0.1, 0.15) is 0 Å². The summed E-state index contributed by atoms with van der Waals surface area (Å²) >= 11 is 0. The van der Waals surface area contributed by atoms with Crippen LogP contribution in [-0.2, 0) is 26.2 Å². The van der Waals surface area contributed by atoms with Gasteiger partial charge in [0, 0.05) is 45.9 Å². The largest absolute Gasteiger partial charge is 0.424 e. The fourth-order valence-corrected chi connectivity index (χ4v) is 4.92. The zero-order chi connectivity index (χ0) is 20.6. The Morgan fingerprint density at radius 3 is 2.14 bits per heavy atom. The van der Waals surface area contributed by atoms with Crippen molar-refractivity contribution in [2.24, 2.45) is 0 Å². The lowest BCUT2D eigenvalue weighted by Gasteiger charge is -2.33. The smallest absolute Gasteiger partial charge is 0.243 e. The monoisotopic (exact) mass is 419 g/mol. The molecule has 0 radical (unpaired) electrons. The summed E-state index contributed by atoms with van der Waals surface area (Å²) in [5.74, 6) is 0.485. The van der Waals surface area contributed by atoms with Gasteiger partial charge < -0.3 is 4.42 Å². The van der Waals surface area contributed by atoms with E-state index in [0.717, 1.165) is 4.90 Å². The van der Waals surface area contributed by atoms with Gasteiger partial charge in [-0.25, -0.2) is 8.42 Å². The normalized spacial score (nSPS) is 19.3. The molecule has 1 aromatic carbocycles. The van der Waals surface area contributed by atoms with Crippen molar-refractivity contribution in [3.05, 3.63) is 36.0 Å². The minimum absolute atomic E-state index is 0.140. The first kappa shape index (κ1) is 19.7. The Kier molecular flexibility index (Phi) is 5.19. The van der Waals surface area contributed by atoms with Crippen LogP contribution in [0.4, 0.5) is 5.69 Å². The summed E-state index contributed by atoms with van der Waals surface area (Å²) in [6.07, 6.45) is 0.374. The number of sulfonamides is 1. The van der Waals surface area contributed by atoms with Gasteiger partial charge in [-0.15, -0.1) is 10.2 Å². The average molecular weight is 419 g/mol. The Labute approximate surface area is 168 Å². The number of aromatic nitrogens is 2. The number of rotatable bonds is 5. The highest BCUT2D eigenvalue weighted by Gasteiger charge is 2.32. The molecule has 1 aromatic heterocycles. The number of amides is 2. The number of hydrogen-bond donors (Lipinski definition) is 0. The second-order valence-electron chi connectivity index (χ2n) is 7.01. The second kappa shape index (κ2) is 7.65. The molecule has 4 rings (SSSR count). The number of nitrogens with zero attached hydrogens (tertiary/aromatic N) is 5. The summed E-state index contributed by atoms with van der Waals surface area (Å²) < 4.78 is 32.7. The Morgan fingerprint density at radius 1 is 0.966 bits per heavy atom. The van der Waals surface area contributed by atoms with Gasteiger partial charge in [0.15, 0.2) is 0 Å². The van der Waals surface area contributed by atoms with Gasteiger partial charge in [0.25, 0.3) is 0 Å². The van der Waals surface area contributed by atoms with E-state index in [1.165, 1.54) is 28.6 Å². The third-order valence-electron chi connectivity index (χ3n) is 5.04. The second-order valence-corrected chi connectivity index (χ2v) is 8.95. The lowest BCUT2D eigenvalue weighted by Crippen LogP contribution is -2.48. The summed E-state index contributed by atoms with van der Waals surface area (Å²) in [6, 6.07) is 5.89. The van der Waals surface area contributed by atoms with Crippen LogP contribution < -0.4 is 4.90 Å². The van der Waals surface area contributed by atoms with Crippen LogP contribution in [0.25, 0.3) is 0 Å². The van der Waals surface area contributed by atoms with E-state index in [4.69, 9.17) is 4.42 Å². The Morgan fingerprint density at radius 2 is 1.59 bits per heavy atom. The quantitative estimate of drug-likeness (QED) is 0.645. The molecular weight excluding hydrogens is 398 g/mol. The molecule has 3 heterocycles. The predicted molar refractivity (Wildman–Crippen MR) is 101 cm³/mol. The molecule has 2 aromatic rings. The Hall–Kier alpha value is -2.63. The molecule has 0 atom stereocenters. The third-order valence-corrected chi connectivity index (χ3v) is 6.96. The standard InChI is InChI=1S/C18H21N5O5S/c1-13-19-20-16(28-13)12-21-8-10-22(11-9-21)29(26,27)15-4-2-14(3-5-15)23-17(24)6-7-18(23)25/h2-5H,6-12H2,1H3. The fourth-order valence-electron chi connectivity index (χ4n) is 3.50. The molecule has 2 fully saturated rings. The molecule has 0 aliphatic carbocycles. The molecule has 2 aliphatic rings. The van der Waals surface area contributed by atoms with Crippen molar-refractivity contribution in [3.63, 3.8) is 0 Å². The first-order valence-corrected chi connectivity index (χ1v) is 10.8. The van der Waals surface area contributed by atoms with Crippen LogP contribution >= 0.6 is 0 Å². The van der Waals surface area contributed by atoms with Gasteiger partial charge in [0.2, 0.25) is 33.6 Å². The van der Waals surface area contributed by atoms with Crippen molar-refractivity contribution in [2.45, 2.75) is 31.2 Å². The molecule has 154 valence electrons. The van der Waals surface area contributed by atoms with Crippen molar-refractivity contribution in [1.82, 2.24) is 19.4 Å². The van der Waals surface area contributed by atoms with Crippen molar-refractivity contribution < 1.29 is 22.4 Å². The molecule has 29 heavy (non-hydrogen) atoms. The summed E-state index contributed by atoms with van der Waals surface area (Å²) in [5, 5.41) is 7.76. The summed E-state index contributed by atoms with van der Waals surface area (Å²) in [4.78, 5) is 27.0. The van der Waals surface area contributed by atoms with E-state index in [9.17, 15) is 18.0 Å². The number of carbonyl (C=O) groups excluding carboxylic acids is 2. The number of piperazine rings is 1. The molecule has 2 amide bonds. The van der Waals surface area contributed by atoms with E-state index >= 15 is 0 Å². The summed E-state index contributed by atoms with van der Waals surface area (Å²) in [5.41, 5.74) is 0.399. The Bertz CT molecular complexity index is 1010. The first-order valence-electron chi connectivity index (χ1n) is 9.32.